The fourth-order valence-electron chi connectivity index (χ4n) is 4.81. The predicted octanol–water partition coefficient (Wildman–Crippen LogP) is 5.02. The predicted molar refractivity (Wildman–Crippen MR) is 143 cm³/mol. The molecule has 6 rings (SSSR count). The lowest BCUT2D eigenvalue weighted by molar-refractivity contribution is 0.102. The molecule has 0 aliphatic heterocycles. The van der Waals surface area contributed by atoms with Crippen LogP contribution in [0.1, 0.15) is 40.3 Å². The standard InChI is InChI=1S/C29H26N6O2/c1-18-26(35-17-21(37-2)11-12-25(35)32-18)24-13-16-31-28(34-24)29(14-15-29)20-9-7-19(8-10-20)27(36)33-23-6-4-3-5-22(23)30/h3-13,16-17H,14-15,30H2,1-2H3,(H,33,36). The molecule has 0 bridgehead atoms. The number of ether oxygens (including phenoxy) is 1. The average Bonchev–Trinajstić information content (AvgIpc) is 3.67. The van der Waals surface area contributed by atoms with Gasteiger partial charge in [-0.1, -0.05) is 24.3 Å². The number of aryl methyl sites for hydroxylation is 1. The highest BCUT2D eigenvalue weighted by molar-refractivity contribution is 6.05. The summed E-state index contributed by atoms with van der Waals surface area (Å²) in [6, 6.07) is 20.6. The third-order valence-corrected chi connectivity index (χ3v) is 6.99. The lowest BCUT2D eigenvalue weighted by Crippen LogP contribution is -2.16. The summed E-state index contributed by atoms with van der Waals surface area (Å²) < 4.78 is 7.42. The van der Waals surface area contributed by atoms with E-state index in [-0.39, 0.29) is 11.3 Å². The maximum Gasteiger partial charge on any atom is 0.255 e. The number of amides is 1. The number of imidazole rings is 1. The number of aromatic nitrogens is 4. The normalized spacial score (nSPS) is 13.9. The molecular formula is C29H26N6O2. The number of nitrogens with two attached hydrogens (primary N) is 1. The summed E-state index contributed by atoms with van der Waals surface area (Å²) in [4.78, 5) is 27.1. The van der Waals surface area contributed by atoms with Crippen molar-refractivity contribution in [2.24, 2.45) is 0 Å². The number of nitrogens with one attached hydrogen (secondary N) is 1. The molecule has 37 heavy (non-hydrogen) atoms. The Bertz CT molecular complexity index is 1640. The van der Waals surface area contributed by atoms with Gasteiger partial charge in [-0.15, -0.1) is 0 Å². The van der Waals surface area contributed by atoms with Crippen LogP contribution in [0, 0.1) is 6.92 Å². The number of methoxy groups -OCH3 is 1. The monoisotopic (exact) mass is 490 g/mol. The third kappa shape index (κ3) is 3.96. The van der Waals surface area contributed by atoms with Gasteiger partial charge in [0.25, 0.3) is 5.91 Å². The molecule has 0 radical (unpaired) electrons. The number of fused-ring (bicyclic) bond motifs is 1. The van der Waals surface area contributed by atoms with E-state index in [1.165, 1.54) is 0 Å². The summed E-state index contributed by atoms with van der Waals surface area (Å²) in [6.45, 7) is 1.98. The quantitative estimate of drug-likeness (QED) is 0.324. The Kier molecular flexibility index (Phi) is 5.37. The first kappa shape index (κ1) is 22.7. The van der Waals surface area contributed by atoms with Crippen LogP contribution in [0.25, 0.3) is 17.0 Å². The van der Waals surface area contributed by atoms with Gasteiger partial charge in [-0.25, -0.2) is 15.0 Å². The maximum atomic E-state index is 12.8. The Morgan fingerprint density at radius 3 is 2.54 bits per heavy atom. The van der Waals surface area contributed by atoms with E-state index in [4.69, 9.17) is 20.4 Å². The number of nitrogens with zero attached hydrogens (tertiary/aromatic N) is 4. The summed E-state index contributed by atoms with van der Waals surface area (Å²) in [5, 5.41) is 2.88. The van der Waals surface area contributed by atoms with Crippen LogP contribution in [-0.2, 0) is 5.41 Å². The van der Waals surface area contributed by atoms with Gasteiger partial charge in [0.15, 0.2) is 0 Å². The van der Waals surface area contributed by atoms with Gasteiger partial charge in [0, 0.05) is 11.8 Å². The Labute approximate surface area is 214 Å². The van der Waals surface area contributed by atoms with Crippen LogP contribution in [0.4, 0.5) is 11.4 Å². The summed E-state index contributed by atoms with van der Waals surface area (Å²) in [5.74, 6) is 1.32. The van der Waals surface area contributed by atoms with E-state index < -0.39 is 0 Å². The average molecular weight is 491 g/mol. The van der Waals surface area contributed by atoms with Crippen molar-refractivity contribution in [1.29, 1.82) is 0 Å². The highest BCUT2D eigenvalue weighted by atomic mass is 16.5. The highest BCUT2D eigenvalue weighted by Crippen LogP contribution is 2.52. The van der Waals surface area contributed by atoms with E-state index in [1.807, 2.05) is 78.3 Å². The van der Waals surface area contributed by atoms with Crippen LogP contribution >= 0.6 is 0 Å². The van der Waals surface area contributed by atoms with Gasteiger partial charge in [0.2, 0.25) is 0 Å². The number of rotatable bonds is 6. The van der Waals surface area contributed by atoms with Crippen molar-refractivity contribution in [1.82, 2.24) is 19.4 Å². The molecule has 0 spiro atoms. The molecule has 3 aromatic heterocycles. The zero-order chi connectivity index (χ0) is 25.6. The van der Waals surface area contributed by atoms with Crippen LogP contribution in [0.3, 0.4) is 0 Å². The second kappa shape index (κ2) is 8.74. The van der Waals surface area contributed by atoms with Crippen molar-refractivity contribution in [2.75, 3.05) is 18.2 Å². The fraction of sp³-hybridized carbons (Fsp3) is 0.172. The van der Waals surface area contributed by atoms with E-state index in [9.17, 15) is 4.79 Å². The summed E-state index contributed by atoms with van der Waals surface area (Å²) >= 11 is 0. The second-order valence-corrected chi connectivity index (χ2v) is 9.31. The molecule has 0 atom stereocenters. The van der Waals surface area contributed by atoms with Gasteiger partial charge in [-0.05, 0) is 67.8 Å². The lowest BCUT2D eigenvalue weighted by Gasteiger charge is -2.16. The number of pyridine rings is 1. The van der Waals surface area contributed by atoms with Crippen LogP contribution in [0.2, 0.25) is 0 Å². The van der Waals surface area contributed by atoms with Gasteiger partial charge < -0.3 is 15.8 Å². The van der Waals surface area contributed by atoms with E-state index in [2.05, 4.69) is 10.3 Å². The molecule has 0 unspecified atom stereocenters. The number of benzene rings is 2. The number of nitrogen functional groups attached to an aromatic ring is 1. The van der Waals surface area contributed by atoms with Gasteiger partial charge >= 0.3 is 0 Å². The van der Waals surface area contributed by atoms with E-state index in [0.717, 1.165) is 52.7 Å². The molecule has 184 valence electrons. The molecule has 2 aromatic carbocycles. The van der Waals surface area contributed by atoms with Crippen LogP contribution in [-0.4, -0.2) is 32.4 Å². The summed E-state index contributed by atoms with van der Waals surface area (Å²) in [6.07, 6.45) is 5.63. The van der Waals surface area contributed by atoms with Crippen molar-refractivity contribution < 1.29 is 9.53 Å². The van der Waals surface area contributed by atoms with Crippen LogP contribution in [0.15, 0.2) is 79.1 Å². The van der Waals surface area contributed by atoms with Gasteiger partial charge in [0.05, 0.1) is 47.2 Å². The minimum absolute atomic E-state index is 0.203. The molecule has 1 aliphatic rings. The molecule has 3 N–H and O–H groups in total. The van der Waals surface area contributed by atoms with Crippen LogP contribution < -0.4 is 15.8 Å². The molecule has 8 nitrogen and oxygen atoms in total. The molecule has 1 aliphatic carbocycles. The molecule has 3 heterocycles. The van der Waals surface area contributed by atoms with Crippen molar-refractivity contribution in [3.63, 3.8) is 0 Å². The summed E-state index contributed by atoms with van der Waals surface area (Å²) in [5.41, 5.74) is 11.9. The Morgan fingerprint density at radius 2 is 1.81 bits per heavy atom. The van der Waals surface area contributed by atoms with Crippen molar-refractivity contribution in [2.45, 2.75) is 25.2 Å². The van der Waals surface area contributed by atoms with Gasteiger partial charge in [-0.3, -0.25) is 9.20 Å². The van der Waals surface area contributed by atoms with Crippen LogP contribution in [0.5, 0.6) is 5.75 Å². The molecule has 1 amide bonds. The SMILES string of the molecule is COc1ccc2nc(C)c(-c3ccnc(C4(c5ccc(C(=O)Nc6ccccc6N)cc5)CC4)n3)n2c1. The third-order valence-electron chi connectivity index (χ3n) is 6.99. The molecule has 1 saturated carbocycles. The van der Waals surface area contributed by atoms with Crippen molar-refractivity contribution >= 4 is 22.9 Å². The minimum Gasteiger partial charge on any atom is -0.495 e. The van der Waals surface area contributed by atoms with Gasteiger partial charge in [-0.2, -0.15) is 0 Å². The molecule has 0 saturated heterocycles. The zero-order valence-electron chi connectivity index (χ0n) is 20.6. The number of carbonyl (C=O) groups excluding carboxylic acids is 1. The van der Waals surface area contributed by atoms with E-state index >= 15 is 0 Å². The molecule has 5 aromatic rings. The number of hydrogen-bond donors (Lipinski definition) is 2. The first-order valence-corrected chi connectivity index (χ1v) is 12.1. The molecular weight excluding hydrogens is 464 g/mol. The smallest absolute Gasteiger partial charge is 0.255 e. The van der Waals surface area contributed by atoms with Crippen molar-refractivity contribution in [3.05, 3.63) is 102 Å². The minimum atomic E-state index is -0.263. The second-order valence-electron chi connectivity index (χ2n) is 9.31. The number of anilines is 2. The van der Waals surface area contributed by atoms with E-state index in [1.54, 1.807) is 19.2 Å². The van der Waals surface area contributed by atoms with E-state index in [0.29, 0.717) is 16.9 Å². The Hall–Kier alpha value is -4.72. The van der Waals surface area contributed by atoms with Crippen molar-refractivity contribution in [3.8, 4) is 17.1 Å². The maximum absolute atomic E-state index is 12.8. The Balaban J connectivity index is 1.30. The summed E-state index contributed by atoms with van der Waals surface area (Å²) in [7, 11) is 1.65. The molecule has 8 heteroatoms. The number of para-hydroxylation sites is 2. The number of hydrogen-bond acceptors (Lipinski definition) is 6. The lowest BCUT2D eigenvalue weighted by atomic mass is 9.93. The first-order chi connectivity index (χ1) is 18.0. The first-order valence-electron chi connectivity index (χ1n) is 12.1. The molecule has 1 fully saturated rings. The van der Waals surface area contributed by atoms with Gasteiger partial charge in [0.1, 0.15) is 17.2 Å². The topological polar surface area (TPSA) is 107 Å². The highest BCUT2D eigenvalue weighted by Gasteiger charge is 2.48. The largest absolute Gasteiger partial charge is 0.495 e. The zero-order valence-corrected chi connectivity index (χ0v) is 20.6. The fourth-order valence-corrected chi connectivity index (χ4v) is 4.81. The number of carbonyl (C=O) groups is 1. The Morgan fingerprint density at radius 1 is 1.03 bits per heavy atom.